The maximum absolute atomic E-state index is 12.3. The first-order chi connectivity index (χ1) is 12.2. The summed E-state index contributed by atoms with van der Waals surface area (Å²) in [5.41, 5.74) is 3.35. The van der Waals surface area contributed by atoms with Crippen LogP contribution in [0.25, 0.3) is 0 Å². The highest BCUT2D eigenvalue weighted by Crippen LogP contribution is 2.30. The van der Waals surface area contributed by atoms with Gasteiger partial charge < -0.3 is 15.4 Å². The summed E-state index contributed by atoms with van der Waals surface area (Å²) in [5, 5.41) is 5.81. The quantitative estimate of drug-likeness (QED) is 0.815. The Bertz CT molecular complexity index is 752. The predicted molar refractivity (Wildman–Crippen MR) is 96.1 cm³/mol. The number of amides is 2. The van der Waals surface area contributed by atoms with Gasteiger partial charge in [0, 0.05) is 30.8 Å². The molecule has 0 aromatic heterocycles. The molecule has 0 radical (unpaired) electrons. The fourth-order valence-corrected chi connectivity index (χ4v) is 2.55. The number of ether oxygens (including phenoxy) is 1. The Kier molecular flexibility index (Phi) is 5.46. The van der Waals surface area contributed by atoms with Gasteiger partial charge in [-0.05, 0) is 48.2 Å². The second-order valence-electron chi connectivity index (χ2n) is 6.28. The molecule has 5 heteroatoms. The van der Waals surface area contributed by atoms with E-state index in [-0.39, 0.29) is 17.7 Å². The van der Waals surface area contributed by atoms with Crippen LogP contribution in [-0.2, 0) is 22.7 Å². The predicted octanol–water partition coefficient (Wildman–Crippen LogP) is 3.11. The van der Waals surface area contributed by atoms with Gasteiger partial charge in [0.05, 0.1) is 6.61 Å². The molecule has 1 aliphatic rings. The number of hydrogen-bond donors (Lipinski definition) is 2. The summed E-state index contributed by atoms with van der Waals surface area (Å²) in [6.45, 7) is 0.916. The van der Waals surface area contributed by atoms with Crippen molar-refractivity contribution in [2.75, 3.05) is 12.4 Å². The zero-order valence-electron chi connectivity index (χ0n) is 14.2. The first-order valence-electron chi connectivity index (χ1n) is 8.41. The molecule has 0 atom stereocenters. The second-order valence-corrected chi connectivity index (χ2v) is 6.28. The number of carbonyl (C=O) groups excluding carboxylic acids is 2. The third-order valence-electron chi connectivity index (χ3n) is 4.12. The van der Waals surface area contributed by atoms with E-state index in [1.165, 1.54) is 0 Å². The average molecular weight is 338 g/mol. The highest BCUT2D eigenvalue weighted by molar-refractivity contribution is 5.94. The van der Waals surface area contributed by atoms with Gasteiger partial charge in [0.1, 0.15) is 0 Å². The first-order valence-corrected chi connectivity index (χ1v) is 8.41. The van der Waals surface area contributed by atoms with Crippen LogP contribution in [0.15, 0.2) is 48.5 Å². The topological polar surface area (TPSA) is 67.4 Å². The molecule has 0 aliphatic heterocycles. The lowest BCUT2D eigenvalue weighted by molar-refractivity contribution is -0.117. The Morgan fingerprint density at radius 2 is 1.84 bits per heavy atom. The van der Waals surface area contributed by atoms with Crippen LogP contribution in [0.3, 0.4) is 0 Å². The molecule has 2 aromatic rings. The van der Waals surface area contributed by atoms with Crippen molar-refractivity contribution >= 4 is 17.5 Å². The third kappa shape index (κ3) is 4.90. The Morgan fingerprint density at radius 3 is 2.52 bits per heavy atom. The van der Waals surface area contributed by atoms with Crippen LogP contribution in [0.1, 0.15) is 34.3 Å². The number of rotatable bonds is 7. The summed E-state index contributed by atoms with van der Waals surface area (Å²) >= 11 is 0. The van der Waals surface area contributed by atoms with E-state index in [0.717, 1.165) is 29.7 Å². The van der Waals surface area contributed by atoms with E-state index >= 15 is 0 Å². The molecule has 0 unspecified atom stereocenters. The summed E-state index contributed by atoms with van der Waals surface area (Å²) in [4.78, 5) is 24.0. The molecule has 0 spiro atoms. The van der Waals surface area contributed by atoms with Crippen LogP contribution in [0.4, 0.5) is 5.69 Å². The molecule has 25 heavy (non-hydrogen) atoms. The minimum absolute atomic E-state index is 0.0944. The van der Waals surface area contributed by atoms with Gasteiger partial charge in [-0.1, -0.05) is 24.3 Å². The number of hydrogen-bond acceptors (Lipinski definition) is 3. The molecule has 3 rings (SSSR count). The van der Waals surface area contributed by atoms with Crippen LogP contribution in [-0.4, -0.2) is 18.9 Å². The Balaban J connectivity index is 1.53. The Morgan fingerprint density at radius 1 is 1.08 bits per heavy atom. The van der Waals surface area contributed by atoms with Crippen molar-refractivity contribution in [3.8, 4) is 0 Å². The van der Waals surface area contributed by atoms with E-state index in [9.17, 15) is 9.59 Å². The molecule has 2 aromatic carbocycles. The summed E-state index contributed by atoms with van der Waals surface area (Å²) in [6.07, 6.45) is 1.98. The largest absolute Gasteiger partial charge is 0.380 e. The lowest BCUT2D eigenvalue weighted by atomic mass is 10.1. The smallest absolute Gasteiger partial charge is 0.251 e. The fourth-order valence-electron chi connectivity index (χ4n) is 2.55. The summed E-state index contributed by atoms with van der Waals surface area (Å²) < 4.78 is 5.09. The van der Waals surface area contributed by atoms with Crippen LogP contribution in [0, 0.1) is 5.92 Å². The van der Waals surface area contributed by atoms with Crippen molar-refractivity contribution in [2.45, 2.75) is 26.0 Å². The van der Waals surface area contributed by atoms with Crippen molar-refractivity contribution in [3.05, 3.63) is 65.2 Å². The molecule has 2 N–H and O–H groups in total. The van der Waals surface area contributed by atoms with Crippen molar-refractivity contribution < 1.29 is 14.3 Å². The lowest BCUT2D eigenvalue weighted by Crippen LogP contribution is -2.22. The lowest BCUT2D eigenvalue weighted by Gasteiger charge is -2.08. The van der Waals surface area contributed by atoms with Crippen molar-refractivity contribution in [1.82, 2.24) is 5.32 Å². The molecule has 1 fully saturated rings. The zero-order valence-corrected chi connectivity index (χ0v) is 14.2. The summed E-state index contributed by atoms with van der Waals surface area (Å²) in [5.74, 6) is 0.161. The third-order valence-corrected chi connectivity index (χ3v) is 4.12. The summed E-state index contributed by atoms with van der Waals surface area (Å²) in [7, 11) is 1.63. The van der Waals surface area contributed by atoms with Crippen molar-refractivity contribution in [1.29, 1.82) is 0 Å². The molecule has 1 aliphatic carbocycles. The van der Waals surface area contributed by atoms with Gasteiger partial charge in [0.2, 0.25) is 5.91 Å². The second kappa shape index (κ2) is 7.94. The fraction of sp³-hybridized carbons (Fsp3) is 0.300. The van der Waals surface area contributed by atoms with E-state index in [1.54, 1.807) is 13.2 Å². The molecule has 5 nitrogen and oxygen atoms in total. The van der Waals surface area contributed by atoms with Gasteiger partial charge in [0.25, 0.3) is 5.91 Å². The maximum Gasteiger partial charge on any atom is 0.251 e. The van der Waals surface area contributed by atoms with E-state index < -0.39 is 0 Å². The van der Waals surface area contributed by atoms with Gasteiger partial charge in [-0.25, -0.2) is 0 Å². The van der Waals surface area contributed by atoms with Crippen LogP contribution < -0.4 is 10.6 Å². The minimum atomic E-state index is -0.121. The molecule has 2 amide bonds. The Labute approximate surface area is 147 Å². The first kappa shape index (κ1) is 17.2. The molecule has 0 bridgehead atoms. The number of nitrogens with one attached hydrogen (secondary N) is 2. The Hall–Kier alpha value is -2.66. The van der Waals surface area contributed by atoms with Crippen LogP contribution in [0.5, 0.6) is 0 Å². The van der Waals surface area contributed by atoms with Crippen molar-refractivity contribution in [2.24, 2.45) is 5.92 Å². The molecule has 0 saturated heterocycles. The molecular formula is C20H22N2O3. The van der Waals surface area contributed by atoms with Gasteiger partial charge >= 0.3 is 0 Å². The van der Waals surface area contributed by atoms with Crippen molar-refractivity contribution in [3.63, 3.8) is 0 Å². The molecule has 1 saturated carbocycles. The number of carbonyl (C=O) groups is 2. The van der Waals surface area contributed by atoms with E-state index in [2.05, 4.69) is 10.6 Å². The SMILES string of the molecule is COCc1cccc(C(=O)NCc2ccc(NC(=O)C3CC3)cc2)c1. The number of methoxy groups -OCH3 is 1. The molecular weight excluding hydrogens is 316 g/mol. The normalized spacial score (nSPS) is 13.3. The molecule has 0 heterocycles. The minimum Gasteiger partial charge on any atom is -0.380 e. The zero-order chi connectivity index (χ0) is 17.6. The number of benzene rings is 2. The van der Waals surface area contributed by atoms with E-state index in [4.69, 9.17) is 4.74 Å². The van der Waals surface area contributed by atoms with Crippen LogP contribution >= 0.6 is 0 Å². The van der Waals surface area contributed by atoms with Gasteiger partial charge in [-0.15, -0.1) is 0 Å². The van der Waals surface area contributed by atoms with Crippen LogP contribution in [0.2, 0.25) is 0 Å². The van der Waals surface area contributed by atoms with E-state index in [1.807, 2.05) is 42.5 Å². The van der Waals surface area contributed by atoms with Gasteiger partial charge in [-0.2, -0.15) is 0 Å². The monoisotopic (exact) mass is 338 g/mol. The highest BCUT2D eigenvalue weighted by atomic mass is 16.5. The maximum atomic E-state index is 12.3. The molecule has 130 valence electrons. The van der Waals surface area contributed by atoms with E-state index in [0.29, 0.717) is 18.7 Å². The van der Waals surface area contributed by atoms with Gasteiger partial charge in [0.15, 0.2) is 0 Å². The standard InChI is InChI=1S/C20H22N2O3/c1-25-13-15-3-2-4-17(11-15)19(23)21-12-14-5-9-18(10-6-14)22-20(24)16-7-8-16/h2-6,9-11,16H,7-8,12-13H2,1H3,(H,21,23)(H,22,24). The summed E-state index contributed by atoms with van der Waals surface area (Å²) in [6, 6.07) is 14.9. The highest BCUT2D eigenvalue weighted by Gasteiger charge is 2.29. The average Bonchev–Trinajstić information content (AvgIpc) is 3.46. The van der Waals surface area contributed by atoms with Gasteiger partial charge in [-0.3, -0.25) is 9.59 Å². The number of anilines is 1.